The van der Waals surface area contributed by atoms with Gasteiger partial charge in [-0.2, -0.15) is 5.10 Å². The molecule has 144 valence electrons. The van der Waals surface area contributed by atoms with Gasteiger partial charge in [0.05, 0.1) is 6.20 Å². The molecule has 0 saturated heterocycles. The fourth-order valence-electron chi connectivity index (χ4n) is 3.45. The third-order valence-electron chi connectivity index (χ3n) is 4.88. The molecular weight excluding hydrogens is 429 g/mol. The molecule has 0 aliphatic heterocycles. The topological polar surface area (TPSA) is 63.5 Å². The highest BCUT2D eigenvalue weighted by Gasteiger charge is 2.33. The zero-order chi connectivity index (χ0) is 17.3. The Kier molecular flexibility index (Phi) is 10.4. The van der Waals surface area contributed by atoms with Gasteiger partial charge in [0.2, 0.25) is 0 Å². The summed E-state index contributed by atoms with van der Waals surface area (Å²) in [4.78, 5) is 4.87. The average Bonchev–Trinajstić information content (AvgIpc) is 3.20. The van der Waals surface area contributed by atoms with E-state index in [-0.39, 0.29) is 24.0 Å². The van der Waals surface area contributed by atoms with E-state index in [1.165, 1.54) is 31.2 Å². The highest BCUT2D eigenvalue weighted by Crippen LogP contribution is 2.41. The van der Waals surface area contributed by atoms with Crippen molar-refractivity contribution in [2.75, 3.05) is 33.4 Å². The van der Waals surface area contributed by atoms with Crippen LogP contribution in [0.15, 0.2) is 17.4 Å². The predicted octanol–water partition coefficient (Wildman–Crippen LogP) is 2.73. The van der Waals surface area contributed by atoms with Crippen LogP contribution in [0.25, 0.3) is 0 Å². The zero-order valence-electron chi connectivity index (χ0n) is 15.9. The van der Waals surface area contributed by atoms with Crippen LogP contribution < -0.4 is 10.6 Å². The molecule has 0 atom stereocenters. The second-order valence-corrected chi connectivity index (χ2v) is 6.84. The summed E-state index contributed by atoms with van der Waals surface area (Å²) >= 11 is 0. The summed E-state index contributed by atoms with van der Waals surface area (Å²) in [7, 11) is 3.74. The molecule has 0 aromatic carbocycles. The van der Waals surface area contributed by atoms with Crippen molar-refractivity contribution in [3.8, 4) is 0 Å². The first kappa shape index (κ1) is 22.2. The number of nitrogens with one attached hydrogen (secondary N) is 2. The van der Waals surface area contributed by atoms with Gasteiger partial charge in [-0.25, -0.2) is 0 Å². The minimum absolute atomic E-state index is 0. The summed E-state index contributed by atoms with van der Waals surface area (Å²) < 4.78 is 7.15. The van der Waals surface area contributed by atoms with Crippen molar-refractivity contribution in [1.82, 2.24) is 20.4 Å². The number of rotatable bonds is 9. The predicted molar refractivity (Wildman–Crippen MR) is 114 cm³/mol. The molecule has 1 heterocycles. The van der Waals surface area contributed by atoms with E-state index >= 15 is 0 Å². The maximum absolute atomic E-state index is 5.31. The average molecular weight is 463 g/mol. The van der Waals surface area contributed by atoms with Crippen molar-refractivity contribution in [3.63, 3.8) is 0 Å². The second kappa shape index (κ2) is 11.7. The lowest BCUT2D eigenvalue weighted by atomic mass is 9.83. The van der Waals surface area contributed by atoms with Gasteiger partial charge in [-0.1, -0.05) is 12.8 Å². The zero-order valence-corrected chi connectivity index (χ0v) is 18.2. The number of halogens is 1. The number of hydrogen-bond acceptors (Lipinski definition) is 3. The Bertz CT molecular complexity index is 511. The van der Waals surface area contributed by atoms with Gasteiger partial charge in [0.1, 0.15) is 0 Å². The SMILES string of the molecule is CCNC(=NCC1(CCOC)CCCC1)NCCc1cnn(C)c1.I. The molecule has 1 aliphatic rings. The fourth-order valence-corrected chi connectivity index (χ4v) is 3.45. The maximum atomic E-state index is 5.31. The number of hydrogen-bond donors (Lipinski definition) is 2. The summed E-state index contributed by atoms with van der Waals surface area (Å²) in [6.07, 6.45) is 11.2. The molecule has 1 aromatic heterocycles. The standard InChI is InChI=1S/C18H33N5O.HI/c1-4-19-17(20-11-7-16-13-22-23(2)14-16)21-15-18(10-12-24-3)8-5-6-9-18;/h13-14H,4-12,15H2,1-3H3,(H2,19,20,21);1H. The van der Waals surface area contributed by atoms with Gasteiger partial charge < -0.3 is 15.4 Å². The molecule has 2 rings (SSSR count). The lowest BCUT2D eigenvalue weighted by Crippen LogP contribution is -2.39. The third-order valence-corrected chi connectivity index (χ3v) is 4.88. The van der Waals surface area contributed by atoms with E-state index in [0.29, 0.717) is 5.41 Å². The Balaban J connectivity index is 0.00000312. The first-order valence-corrected chi connectivity index (χ1v) is 9.16. The maximum Gasteiger partial charge on any atom is 0.191 e. The number of nitrogens with zero attached hydrogens (tertiary/aromatic N) is 3. The lowest BCUT2D eigenvalue weighted by Gasteiger charge is -2.27. The summed E-state index contributed by atoms with van der Waals surface area (Å²) in [5.41, 5.74) is 1.58. The lowest BCUT2D eigenvalue weighted by molar-refractivity contribution is 0.141. The molecule has 7 heteroatoms. The molecule has 6 nitrogen and oxygen atoms in total. The van der Waals surface area contributed by atoms with Gasteiger partial charge in [0.15, 0.2) is 5.96 Å². The quantitative estimate of drug-likeness (QED) is 0.336. The summed E-state index contributed by atoms with van der Waals surface area (Å²) in [6, 6.07) is 0. The van der Waals surface area contributed by atoms with Crippen molar-refractivity contribution >= 4 is 29.9 Å². The molecule has 1 aliphatic carbocycles. The van der Waals surface area contributed by atoms with E-state index in [9.17, 15) is 0 Å². The van der Waals surface area contributed by atoms with Crippen LogP contribution >= 0.6 is 24.0 Å². The van der Waals surface area contributed by atoms with Gasteiger partial charge in [-0.05, 0) is 43.6 Å². The van der Waals surface area contributed by atoms with Crippen molar-refractivity contribution in [3.05, 3.63) is 18.0 Å². The molecule has 0 amide bonds. The molecule has 0 unspecified atom stereocenters. The molecule has 2 N–H and O–H groups in total. The molecule has 25 heavy (non-hydrogen) atoms. The van der Waals surface area contributed by atoms with E-state index in [1.54, 1.807) is 7.11 Å². The molecule has 0 spiro atoms. The molecular formula is C18H34IN5O. The molecule has 0 radical (unpaired) electrons. The Morgan fingerprint density at radius 1 is 1.36 bits per heavy atom. The van der Waals surface area contributed by atoms with Crippen LogP contribution in [-0.4, -0.2) is 49.1 Å². The highest BCUT2D eigenvalue weighted by molar-refractivity contribution is 14.0. The smallest absolute Gasteiger partial charge is 0.191 e. The molecule has 0 bridgehead atoms. The summed E-state index contributed by atoms with van der Waals surface area (Å²) in [5.74, 6) is 0.921. The van der Waals surface area contributed by atoms with Crippen LogP contribution in [0.1, 0.15) is 44.6 Å². The molecule has 1 aromatic rings. The van der Waals surface area contributed by atoms with Crippen LogP contribution in [0.2, 0.25) is 0 Å². The summed E-state index contributed by atoms with van der Waals surface area (Å²) in [6.45, 7) is 5.57. The summed E-state index contributed by atoms with van der Waals surface area (Å²) in [5, 5.41) is 11.0. The van der Waals surface area contributed by atoms with E-state index in [0.717, 1.165) is 45.0 Å². The van der Waals surface area contributed by atoms with Gasteiger partial charge in [-0.3, -0.25) is 9.67 Å². The van der Waals surface area contributed by atoms with Gasteiger partial charge in [-0.15, -0.1) is 24.0 Å². The van der Waals surface area contributed by atoms with Gasteiger partial charge in [0, 0.05) is 46.6 Å². The van der Waals surface area contributed by atoms with Gasteiger partial charge in [0.25, 0.3) is 0 Å². The van der Waals surface area contributed by atoms with E-state index in [4.69, 9.17) is 9.73 Å². The Hall–Kier alpha value is -0.830. The van der Waals surface area contributed by atoms with Crippen LogP contribution in [0.4, 0.5) is 0 Å². The molecule has 1 saturated carbocycles. The second-order valence-electron chi connectivity index (χ2n) is 6.84. The number of aryl methyl sites for hydroxylation is 1. The monoisotopic (exact) mass is 463 g/mol. The van der Waals surface area contributed by atoms with Crippen molar-refractivity contribution in [2.45, 2.75) is 45.4 Å². The van der Waals surface area contributed by atoms with Crippen molar-refractivity contribution in [2.24, 2.45) is 17.5 Å². The van der Waals surface area contributed by atoms with Crippen LogP contribution in [-0.2, 0) is 18.2 Å². The highest BCUT2D eigenvalue weighted by atomic mass is 127. The van der Waals surface area contributed by atoms with Crippen molar-refractivity contribution in [1.29, 1.82) is 0 Å². The van der Waals surface area contributed by atoms with Crippen LogP contribution in [0.3, 0.4) is 0 Å². The number of aliphatic imine (C=N–C) groups is 1. The molecule has 1 fully saturated rings. The van der Waals surface area contributed by atoms with E-state index in [2.05, 4.69) is 28.9 Å². The number of methoxy groups -OCH3 is 1. The van der Waals surface area contributed by atoms with E-state index < -0.39 is 0 Å². The Labute approximate surface area is 169 Å². The third kappa shape index (κ3) is 7.52. The normalized spacial score (nSPS) is 16.5. The van der Waals surface area contributed by atoms with E-state index in [1.807, 2.05) is 17.9 Å². The van der Waals surface area contributed by atoms with Crippen LogP contribution in [0.5, 0.6) is 0 Å². The van der Waals surface area contributed by atoms with Gasteiger partial charge >= 0.3 is 0 Å². The van der Waals surface area contributed by atoms with Crippen molar-refractivity contribution < 1.29 is 4.74 Å². The largest absolute Gasteiger partial charge is 0.385 e. The fraction of sp³-hybridized carbons (Fsp3) is 0.778. The minimum atomic E-state index is 0. The minimum Gasteiger partial charge on any atom is -0.385 e. The Morgan fingerprint density at radius 2 is 2.12 bits per heavy atom. The number of guanidine groups is 1. The number of aromatic nitrogens is 2. The Morgan fingerprint density at radius 3 is 2.72 bits per heavy atom. The first-order chi connectivity index (χ1) is 11.7. The number of ether oxygens (including phenoxy) is 1. The first-order valence-electron chi connectivity index (χ1n) is 9.16. The van der Waals surface area contributed by atoms with Crippen LogP contribution in [0, 0.1) is 5.41 Å².